The number of hydrogen-bond acceptors (Lipinski definition) is 16. The van der Waals surface area contributed by atoms with E-state index in [1.807, 2.05) is 0 Å². The van der Waals surface area contributed by atoms with Gasteiger partial charge in [-0.05, 0) is 81.3 Å². The van der Waals surface area contributed by atoms with Gasteiger partial charge in [-0.2, -0.15) is 5.10 Å². The highest BCUT2D eigenvalue weighted by Crippen LogP contribution is 2.33. The number of oxazole rings is 1. The Bertz CT molecular complexity index is 2640. The van der Waals surface area contributed by atoms with Crippen molar-refractivity contribution in [1.82, 2.24) is 35.6 Å². The average Bonchev–Trinajstić information content (AvgIpc) is 3.77. The number of allylic oxidation sites excluding steroid dienone is 3. The topological polar surface area (TPSA) is 259 Å². The molecular weight excluding hydrogens is 931 g/mol. The third kappa shape index (κ3) is 13.7. The lowest BCUT2D eigenvalue weighted by Gasteiger charge is -2.27. The quantitative estimate of drug-likeness (QED) is 0.0230. The van der Waals surface area contributed by atoms with Crippen molar-refractivity contribution in [2.24, 2.45) is 10.9 Å². The number of piperidine rings is 1. The summed E-state index contributed by atoms with van der Waals surface area (Å²) in [4.78, 5) is 85.2. The van der Waals surface area contributed by atoms with Gasteiger partial charge in [-0.3, -0.25) is 39.0 Å². The fourth-order valence-corrected chi connectivity index (χ4v) is 7.40. The summed E-state index contributed by atoms with van der Waals surface area (Å²) in [7, 11) is 0. The van der Waals surface area contributed by atoms with E-state index in [2.05, 4.69) is 48.4 Å². The Hall–Kier alpha value is -7.47. The molecule has 2 aromatic carbocycles. The normalized spacial score (nSPS) is 16.1. The molecule has 1 unspecified atom stereocenters. The molecular formula is C48H54F2N10O11. The zero-order valence-electron chi connectivity index (χ0n) is 38.9. The highest BCUT2D eigenvalue weighted by Gasteiger charge is 2.45. The molecule has 1 saturated heterocycles. The maximum absolute atomic E-state index is 14.1. The number of benzene rings is 2. The fraction of sp³-hybridized carbons (Fsp3) is 0.396. The van der Waals surface area contributed by atoms with Gasteiger partial charge in [0.25, 0.3) is 30.1 Å². The van der Waals surface area contributed by atoms with Crippen molar-refractivity contribution >= 4 is 59.1 Å². The van der Waals surface area contributed by atoms with Crippen molar-refractivity contribution in [3.05, 3.63) is 107 Å². The van der Waals surface area contributed by atoms with Crippen LogP contribution in [0.5, 0.6) is 0 Å². The molecule has 376 valence electrons. The molecule has 71 heavy (non-hydrogen) atoms. The molecule has 0 bridgehead atoms. The van der Waals surface area contributed by atoms with E-state index in [1.54, 1.807) is 31.2 Å². The molecule has 3 aliphatic rings. The Labute approximate surface area is 406 Å². The molecule has 0 spiro atoms. The van der Waals surface area contributed by atoms with Gasteiger partial charge in [-0.1, -0.05) is 12.1 Å². The standard InChI is InChI=1S/C48H54F2N10O11/c1-3-30(25-38(51-2)54-26-29-7-8-29)46-56-36(28-71-46)44(63)55-35-27-59(58-41(35)42(49)50)32-11-9-31(10-12-32)43(62)53-16-18-68-20-22-70-24-23-69-21-19-67-17-15-52-34-6-4-5-33-40(34)48(66)60(47(33)65)37-13-14-39(61)57-45(37)64/h3-6,9-12,25,27-29,37,42,52,54H,2,7-8,13-24,26H2,1H3,(H,53,62)(H,55,63)(H,57,61,64)/b30-3+,38-25+. The molecule has 0 radical (unpaired) electrons. The van der Waals surface area contributed by atoms with E-state index < -0.39 is 47.7 Å². The second-order valence-corrected chi connectivity index (χ2v) is 16.3. The first kappa shape index (κ1) is 51.4. The first-order valence-corrected chi connectivity index (χ1v) is 23.0. The SMILES string of the molecule is C=N/C(=C\C(=C/C)c1nc(C(=O)Nc2cn(-c3ccc(C(=O)NCCOCCOCCOCCOCCNc4cccc5c4C(=O)N(C4CCC(=O)NC4=O)C5=O)cc3)nc2C(F)F)co1)NCC1CC1. The van der Waals surface area contributed by atoms with E-state index in [9.17, 15) is 37.5 Å². The number of carbonyl (C=O) groups is 6. The van der Waals surface area contributed by atoms with Crippen LogP contribution in [-0.2, 0) is 28.5 Å². The molecule has 1 saturated carbocycles. The van der Waals surface area contributed by atoms with Crippen LogP contribution < -0.4 is 26.6 Å². The van der Waals surface area contributed by atoms with E-state index in [0.717, 1.165) is 30.5 Å². The number of ether oxygens (including phenoxy) is 4. The number of nitrogens with one attached hydrogen (secondary N) is 5. The Morgan fingerprint density at radius 3 is 2.23 bits per heavy atom. The van der Waals surface area contributed by atoms with Crippen molar-refractivity contribution in [3.63, 3.8) is 0 Å². The largest absolute Gasteiger partial charge is 0.444 e. The third-order valence-electron chi connectivity index (χ3n) is 11.3. The molecule has 5 N–H and O–H groups in total. The zero-order valence-corrected chi connectivity index (χ0v) is 38.9. The summed E-state index contributed by atoms with van der Waals surface area (Å²) < 4.78 is 57.0. The second kappa shape index (κ2) is 24.9. The predicted molar refractivity (Wildman–Crippen MR) is 252 cm³/mol. The number of amides is 6. The van der Waals surface area contributed by atoms with Gasteiger partial charge in [0, 0.05) is 42.9 Å². The molecule has 2 aliphatic heterocycles. The van der Waals surface area contributed by atoms with Crippen LogP contribution in [-0.4, -0.2) is 140 Å². The van der Waals surface area contributed by atoms with Crippen molar-refractivity contribution < 1.29 is 60.9 Å². The summed E-state index contributed by atoms with van der Waals surface area (Å²) in [6.45, 7) is 9.06. The second-order valence-electron chi connectivity index (χ2n) is 16.3. The van der Waals surface area contributed by atoms with Crippen LogP contribution in [0.4, 0.5) is 20.2 Å². The summed E-state index contributed by atoms with van der Waals surface area (Å²) in [6, 6.07) is 9.88. The molecule has 23 heteroatoms. The fourth-order valence-electron chi connectivity index (χ4n) is 7.40. The highest BCUT2D eigenvalue weighted by molar-refractivity contribution is 6.25. The van der Waals surface area contributed by atoms with Crippen LogP contribution in [0.25, 0.3) is 11.3 Å². The molecule has 4 heterocycles. The zero-order chi connectivity index (χ0) is 50.3. The molecule has 2 aromatic heterocycles. The van der Waals surface area contributed by atoms with Gasteiger partial charge >= 0.3 is 0 Å². The maximum atomic E-state index is 14.1. The van der Waals surface area contributed by atoms with Gasteiger partial charge in [0.2, 0.25) is 17.7 Å². The van der Waals surface area contributed by atoms with Crippen molar-refractivity contribution in [3.8, 4) is 5.69 Å². The number of aliphatic imine (C=N–C) groups is 1. The number of imide groups is 2. The van der Waals surface area contributed by atoms with Crippen LogP contribution >= 0.6 is 0 Å². The van der Waals surface area contributed by atoms with E-state index in [4.69, 9.17) is 23.4 Å². The maximum Gasteiger partial charge on any atom is 0.284 e. The van der Waals surface area contributed by atoms with E-state index in [1.165, 1.54) is 41.2 Å². The van der Waals surface area contributed by atoms with Gasteiger partial charge in [-0.25, -0.2) is 23.4 Å². The minimum atomic E-state index is -3.01. The third-order valence-corrected chi connectivity index (χ3v) is 11.3. The Balaban J connectivity index is 0.731. The van der Waals surface area contributed by atoms with Crippen LogP contribution in [0.15, 0.2) is 82.3 Å². The number of anilines is 2. The number of alkyl halides is 2. The number of hydrogen-bond donors (Lipinski definition) is 5. The minimum Gasteiger partial charge on any atom is -0.444 e. The number of carbonyl (C=O) groups excluding carboxylic acids is 6. The van der Waals surface area contributed by atoms with Gasteiger partial charge in [0.1, 0.15) is 18.1 Å². The Morgan fingerprint density at radius 1 is 0.887 bits per heavy atom. The summed E-state index contributed by atoms with van der Waals surface area (Å²) >= 11 is 0. The molecule has 21 nitrogen and oxygen atoms in total. The van der Waals surface area contributed by atoms with E-state index in [0.29, 0.717) is 73.8 Å². The first-order chi connectivity index (χ1) is 34.4. The molecule has 6 amide bonds. The van der Waals surface area contributed by atoms with Gasteiger partial charge in [0.05, 0.1) is 81.6 Å². The summed E-state index contributed by atoms with van der Waals surface area (Å²) in [5.74, 6) is -2.18. The van der Waals surface area contributed by atoms with Crippen LogP contribution in [0, 0.1) is 5.92 Å². The number of aromatic nitrogens is 3. The Morgan fingerprint density at radius 2 is 1.58 bits per heavy atom. The molecule has 2 fully saturated rings. The lowest BCUT2D eigenvalue weighted by Crippen LogP contribution is -2.54. The van der Waals surface area contributed by atoms with Crippen LogP contribution in [0.1, 0.15) is 92.2 Å². The van der Waals surface area contributed by atoms with Crippen molar-refractivity contribution in [1.29, 1.82) is 0 Å². The van der Waals surface area contributed by atoms with Gasteiger partial charge < -0.3 is 44.6 Å². The van der Waals surface area contributed by atoms with Gasteiger partial charge in [-0.15, -0.1) is 0 Å². The van der Waals surface area contributed by atoms with Gasteiger partial charge in [0.15, 0.2) is 11.4 Å². The number of nitrogens with zero attached hydrogens (tertiary/aromatic N) is 5. The van der Waals surface area contributed by atoms with Crippen molar-refractivity contribution in [2.75, 3.05) is 83.1 Å². The summed E-state index contributed by atoms with van der Waals surface area (Å²) in [5.41, 5.74) is 0.991. The van der Waals surface area contributed by atoms with Crippen LogP contribution in [0.3, 0.4) is 0 Å². The monoisotopic (exact) mass is 984 g/mol. The summed E-state index contributed by atoms with van der Waals surface area (Å²) in [6.07, 6.45) is 5.21. The predicted octanol–water partition coefficient (Wildman–Crippen LogP) is 4.30. The Kier molecular flexibility index (Phi) is 18.0. The smallest absolute Gasteiger partial charge is 0.284 e. The molecule has 4 aromatic rings. The molecule has 1 aliphatic carbocycles. The van der Waals surface area contributed by atoms with E-state index >= 15 is 0 Å². The first-order valence-electron chi connectivity index (χ1n) is 23.0. The minimum absolute atomic E-state index is 0.0391. The molecule has 1 atom stereocenters. The number of halogens is 2. The summed E-state index contributed by atoms with van der Waals surface area (Å²) in [5, 5.41) is 17.7. The van der Waals surface area contributed by atoms with Crippen molar-refractivity contribution in [2.45, 2.75) is 45.1 Å². The van der Waals surface area contributed by atoms with Crippen LogP contribution in [0.2, 0.25) is 0 Å². The number of fused-ring (bicyclic) bond motifs is 1. The molecule has 7 rings (SSSR count). The van der Waals surface area contributed by atoms with E-state index in [-0.39, 0.29) is 73.5 Å². The average molecular weight is 985 g/mol. The highest BCUT2D eigenvalue weighted by atomic mass is 19.3. The lowest BCUT2D eigenvalue weighted by molar-refractivity contribution is -0.136. The number of rotatable bonds is 28. The lowest BCUT2D eigenvalue weighted by atomic mass is 10.0.